The number of benzene rings is 9. The van der Waals surface area contributed by atoms with Crippen LogP contribution in [0, 0.1) is 0 Å². The molecule has 65 heavy (non-hydrogen) atoms. The minimum absolute atomic E-state index is 0.0452. The first-order valence-corrected chi connectivity index (χ1v) is 22.7. The van der Waals surface area contributed by atoms with E-state index in [0.29, 0.717) is 6.67 Å². The van der Waals surface area contributed by atoms with Gasteiger partial charge in [-0.1, -0.05) is 145 Å². The summed E-state index contributed by atoms with van der Waals surface area (Å²) in [4.78, 5) is 10.4. The molecule has 0 saturated carbocycles. The van der Waals surface area contributed by atoms with Gasteiger partial charge in [0.2, 0.25) is 0 Å². The standard InChI is InChI=1S/C60H50N4O/c1-59(2,3)40-18-15-19-42(32-40)62-37-63(54-25-14-13-24-53(54)62)43-33-41(60(4,5)6)34-45(35-43)65-44-28-30-49-48-22-11-12-23-52(48)64(55(49)36-44)58-50-29-26-38-16-7-9-20-46(38)56(50)57-47-21-10-8-17-39(47)27-31-51(57)61-58/h7-36H,37H2,1-6H3. The molecule has 0 radical (unpaired) electrons. The molecule has 0 aliphatic carbocycles. The minimum atomic E-state index is -0.122. The van der Waals surface area contributed by atoms with Crippen LogP contribution in [-0.2, 0) is 10.8 Å². The van der Waals surface area contributed by atoms with Crippen LogP contribution in [0.4, 0.5) is 22.7 Å². The van der Waals surface area contributed by atoms with Crippen molar-refractivity contribution in [3.8, 4) is 17.3 Å². The predicted molar refractivity (Wildman–Crippen MR) is 275 cm³/mol. The average Bonchev–Trinajstić information content (AvgIpc) is 3.86. The fourth-order valence-corrected chi connectivity index (χ4v) is 10.1. The van der Waals surface area contributed by atoms with Crippen LogP contribution in [0.25, 0.3) is 70.8 Å². The zero-order chi connectivity index (χ0) is 44.2. The first-order valence-electron chi connectivity index (χ1n) is 22.7. The second-order valence-corrected chi connectivity index (χ2v) is 19.7. The summed E-state index contributed by atoms with van der Waals surface area (Å²) in [7, 11) is 0. The van der Waals surface area contributed by atoms with Crippen LogP contribution < -0.4 is 14.5 Å². The molecule has 5 nitrogen and oxygen atoms in total. The van der Waals surface area contributed by atoms with E-state index in [9.17, 15) is 0 Å². The Labute approximate surface area is 379 Å². The van der Waals surface area contributed by atoms with Gasteiger partial charge in [-0.2, -0.15) is 0 Å². The molecule has 2 aromatic heterocycles. The number of nitrogens with zero attached hydrogens (tertiary/aromatic N) is 4. The SMILES string of the molecule is CC(C)(C)c1cccc(N2CN(c3cc(Oc4ccc5c6ccccc6n(-c6nc7ccc8ccccc8c7c7c6ccc6ccccc67)c5c4)cc(C(C)(C)C)c3)c3ccccc32)c1. The van der Waals surface area contributed by atoms with Crippen LogP contribution in [0.3, 0.4) is 0 Å². The zero-order valence-corrected chi connectivity index (χ0v) is 37.7. The lowest BCUT2D eigenvalue weighted by molar-refractivity contribution is 0.479. The maximum atomic E-state index is 7.05. The summed E-state index contributed by atoms with van der Waals surface area (Å²) < 4.78 is 9.40. The quantitative estimate of drug-likeness (QED) is 0.162. The second-order valence-electron chi connectivity index (χ2n) is 19.7. The van der Waals surface area contributed by atoms with Gasteiger partial charge in [-0.15, -0.1) is 0 Å². The normalized spacial score (nSPS) is 13.3. The second kappa shape index (κ2) is 14.4. The Morgan fingerprint density at radius 2 is 1.03 bits per heavy atom. The lowest BCUT2D eigenvalue weighted by Crippen LogP contribution is -2.25. The number of ether oxygens (including phenoxy) is 1. The first kappa shape index (κ1) is 39.0. The number of hydrogen-bond donors (Lipinski definition) is 0. The predicted octanol–water partition coefficient (Wildman–Crippen LogP) is 16.4. The third-order valence-corrected chi connectivity index (χ3v) is 13.5. The van der Waals surface area contributed by atoms with Gasteiger partial charge < -0.3 is 14.5 Å². The van der Waals surface area contributed by atoms with E-state index in [-0.39, 0.29) is 10.8 Å². The summed E-state index contributed by atoms with van der Waals surface area (Å²) in [6.45, 7) is 14.3. The third-order valence-electron chi connectivity index (χ3n) is 13.5. The van der Waals surface area contributed by atoms with Gasteiger partial charge >= 0.3 is 0 Å². The first-order chi connectivity index (χ1) is 31.5. The molecule has 0 atom stereocenters. The summed E-state index contributed by atoms with van der Waals surface area (Å²) in [6.07, 6.45) is 0. The lowest BCUT2D eigenvalue weighted by atomic mass is 9.86. The Morgan fingerprint density at radius 1 is 0.431 bits per heavy atom. The van der Waals surface area contributed by atoms with Gasteiger partial charge in [0.05, 0.1) is 27.9 Å². The van der Waals surface area contributed by atoms with E-state index in [4.69, 9.17) is 9.72 Å². The molecule has 0 spiro atoms. The molecule has 0 amide bonds. The summed E-state index contributed by atoms with van der Waals surface area (Å²) in [6, 6.07) is 66.0. The number of aromatic nitrogens is 2. The van der Waals surface area contributed by atoms with E-state index >= 15 is 0 Å². The fourth-order valence-electron chi connectivity index (χ4n) is 10.1. The number of rotatable bonds is 5. The molecule has 12 rings (SSSR count). The van der Waals surface area contributed by atoms with Crippen LogP contribution >= 0.6 is 0 Å². The molecular formula is C60H50N4O. The topological polar surface area (TPSA) is 33.5 Å². The van der Waals surface area contributed by atoms with Gasteiger partial charge in [-0.25, -0.2) is 4.98 Å². The highest BCUT2D eigenvalue weighted by Crippen LogP contribution is 2.47. The average molecular weight is 843 g/mol. The fraction of sp³-hybridized carbons (Fsp3) is 0.150. The Morgan fingerprint density at radius 3 is 1.77 bits per heavy atom. The Hall–Kier alpha value is -7.63. The van der Waals surface area contributed by atoms with Crippen molar-refractivity contribution in [2.75, 3.05) is 16.5 Å². The maximum absolute atomic E-state index is 7.05. The molecule has 11 aromatic rings. The van der Waals surface area contributed by atoms with Crippen LogP contribution in [-0.4, -0.2) is 16.2 Å². The monoisotopic (exact) mass is 842 g/mol. The molecule has 1 aliphatic rings. The van der Waals surface area contributed by atoms with E-state index in [2.05, 4.69) is 238 Å². The number of para-hydroxylation sites is 3. The van der Waals surface area contributed by atoms with E-state index in [0.717, 1.165) is 50.3 Å². The van der Waals surface area contributed by atoms with Gasteiger partial charge in [0.15, 0.2) is 0 Å². The Balaban J connectivity index is 1.01. The molecule has 0 bridgehead atoms. The molecular weight excluding hydrogens is 793 g/mol. The van der Waals surface area contributed by atoms with Gasteiger partial charge in [-0.3, -0.25) is 4.57 Å². The maximum Gasteiger partial charge on any atom is 0.146 e. The molecule has 0 unspecified atom stereocenters. The van der Waals surface area contributed by atoms with Gasteiger partial charge in [0, 0.05) is 50.4 Å². The Kier molecular flexibility index (Phi) is 8.67. The van der Waals surface area contributed by atoms with E-state index in [1.807, 2.05) is 0 Å². The van der Waals surface area contributed by atoms with Crippen molar-refractivity contribution in [3.05, 3.63) is 193 Å². The molecule has 0 fully saturated rings. The van der Waals surface area contributed by atoms with Crippen LogP contribution in [0.15, 0.2) is 182 Å². The highest BCUT2D eigenvalue weighted by atomic mass is 16.5. The highest BCUT2D eigenvalue weighted by molar-refractivity contribution is 6.28. The third kappa shape index (κ3) is 6.40. The van der Waals surface area contributed by atoms with Gasteiger partial charge in [0.1, 0.15) is 24.0 Å². The van der Waals surface area contributed by atoms with Gasteiger partial charge in [0.25, 0.3) is 0 Å². The van der Waals surface area contributed by atoms with Crippen LogP contribution in [0.2, 0.25) is 0 Å². The van der Waals surface area contributed by atoms with Gasteiger partial charge in [-0.05, 0) is 110 Å². The van der Waals surface area contributed by atoms with E-state index in [1.54, 1.807) is 0 Å². The minimum Gasteiger partial charge on any atom is -0.457 e. The van der Waals surface area contributed by atoms with Crippen molar-refractivity contribution in [1.29, 1.82) is 0 Å². The molecule has 9 aromatic carbocycles. The molecule has 5 heteroatoms. The summed E-state index contributed by atoms with van der Waals surface area (Å²) >= 11 is 0. The summed E-state index contributed by atoms with van der Waals surface area (Å²) in [5.74, 6) is 2.47. The van der Waals surface area contributed by atoms with Crippen molar-refractivity contribution >= 4 is 87.8 Å². The largest absolute Gasteiger partial charge is 0.457 e. The van der Waals surface area contributed by atoms with E-state index in [1.165, 1.54) is 65.9 Å². The van der Waals surface area contributed by atoms with Crippen molar-refractivity contribution in [3.63, 3.8) is 0 Å². The highest BCUT2D eigenvalue weighted by Gasteiger charge is 2.30. The van der Waals surface area contributed by atoms with Crippen LogP contribution in [0.1, 0.15) is 52.7 Å². The van der Waals surface area contributed by atoms with Crippen LogP contribution in [0.5, 0.6) is 11.5 Å². The van der Waals surface area contributed by atoms with E-state index < -0.39 is 0 Å². The summed E-state index contributed by atoms with van der Waals surface area (Å²) in [5.41, 5.74) is 10.2. The van der Waals surface area contributed by atoms with Crippen molar-refractivity contribution in [2.24, 2.45) is 0 Å². The number of hydrogen-bond acceptors (Lipinski definition) is 4. The lowest BCUT2D eigenvalue weighted by Gasteiger charge is -2.27. The van der Waals surface area contributed by atoms with Crippen molar-refractivity contribution in [2.45, 2.75) is 52.4 Å². The zero-order valence-electron chi connectivity index (χ0n) is 37.7. The molecule has 3 heterocycles. The molecule has 0 saturated heterocycles. The number of pyridine rings is 1. The summed E-state index contributed by atoms with van der Waals surface area (Å²) in [5, 5.41) is 10.7. The number of fused-ring (bicyclic) bond motifs is 11. The molecule has 1 aliphatic heterocycles. The molecule has 316 valence electrons. The molecule has 0 N–H and O–H groups in total. The van der Waals surface area contributed by atoms with Crippen molar-refractivity contribution in [1.82, 2.24) is 9.55 Å². The van der Waals surface area contributed by atoms with Crippen molar-refractivity contribution < 1.29 is 4.74 Å². The number of anilines is 4. The smallest absolute Gasteiger partial charge is 0.146 e. The Bertz CT molecular complexity index is 3720.